The van der Waals surface area contributed by atoms with Gasteiger partial charge in [0.05, 0.1) is 17.8 Å². The average molecular weight is 272 g/mol. The minimum Gasteiger partial charge on any atom is -0.463 e. The number of carbonyl (C=O) groups is 1. The third-order valence-corrected chi connectivity index (χ3v) is 3.30. The molecule has 1 heterocycles. The quantitative estimate of drug-likeness (QED) is 0.659. The van der Waals surface area contributed by atoms with Gasteiger partial charge in [-0.1, -0.05) is 12.1 Å². The zero-order chi connectivity index (χ0) is 14.7. The number of H-pyrrole nitrogens is 1. The molecule has 2 N–H and O–H groups in total. The smallest absolute Gasteiger partial charge is 0.332 e. The molecule has 0 saturated heterocycles. The second-order valence-corrected chi connectivity index (χ2v) is 4.81. The lowest BCUT2D eigenvalue weighted by Gasteiger charge is -2.08. The molecule has 2 rings (SSSR count). The molecule has 1 aromatic heterocycles. The van der Waals surface area contributed by atoms with E-state index in [1.165, 1.54) is 17.0 Å². The number of allylic oxidation sites excluding steroid dienone is 1. The molecule has 0 saturated carbocycles. The van der Waals surface area contributed by atoms with Crippen LogP contribution in [0.1, 0.15) is 25.1 Å². The van der Waals surface area contributed by atoms with Gasteiger partial charge < -0.3 is 15.0 Å². The van der Waals surface area contributed by atoms with Gasteiger partial charge in [-0.3, -0.25) is 0 Å². The lowest BCUT2D eigenvalue weighted by molar-refractivity contribution is -0.137. The monoisotopic (exact) mass is 272 g/mol. The number of hydrogen-bond acceptors (Lipinski definition) is 3. The Morgan fingerprint density at radius 1 is 1.40 bits per heavy atom. The Bertz CT molecular complexity index is 668. The fourth-order valence-corrected chi connectivity index (χ4v) is 2.20. The highest BCUT2D eigenvalue weighted by molar-refractivity contribution is 5.95. The Morgan fingerprint density at radius 3 is 2.85 bits per heavy atom. The van der Waals surface area contributed by atoms with Crippen LogP contribution in [-0.4, -0.2) is 17.6 Å². The number of fused-ring (bicyclic) bond motifs is 1. The maximum absolute atomic E-state index is 11.4. The van der Waals surface area contributed by atoms with Gasteiger partial charge in [0.2, 0.25) is 0 Å². The van der Waals surface area contributed by atoms with Gasteiger partial charge in [0, 0.05) is 22.9 Å². The van der Waals surface area contributed by atoms with E-state index in [4.69, 9.17) is 4.74 Å². The minimum absolute atomic E-state index is 0.330. The molecule has 2 aromatic rings. The first-order valence-corrected chi connectivity index (χ1v) is 6.73. The number of rotatable bonds is 4. The third-order valence-electron chi connectivity index (χ3n) is 3.30. The van der Waals surface area contributed by atoms with Crippen LogP contribution < -0.4 is 5.32 Å². The Labute approximate surface area is 118 Å². The lowest BCUT2D eigenvalue weighted by Crippen LogP contribution is -2.04. The van der Waals surface area contributed by atoms with Gasteiger partial charge >= 0.3 is 5.97 Å². The topological polar surface area (TPSA) is 54.1 Å². The summed E-state index contributed by atoms with van der Waals surface area (Å²) >= 11 is 0. The summed E-state index contributed by atoms with van der Waals surface area (Å²) in [5.74, 6) is -0.330. The van der Waals surface area contributed by atoms with Crippen molar-refractivity contribution >= 4 is 22.6 Å². The molecule has 0 aliphatic rings. The Hall–Kier alpha value is -2.23. The molecule has 4 heteroatoms. The van der Waals surface area contributed by atoms with Crippen LogP contribution in [-0.2, 0) is 9.53 Å². The van der Waals surface area contributed by atoms with Gasteiger partial charge in [-0.05, 0) is 39.3 Å². The molecule has 0 atom stereocenters. The van der Waals surface area contributed by atoms with Crippen LogP contribution in [0.2, 0.25) is 0 Å². The van der Waals surface area contributed by atoms with Crippen LogP contribution in [0.4, 0.5) is 5.69 Å². The molecule has 20 heavy (non-hydrogen) atoms. The Kier molecular flexibility index (Phi) is 4.13. The van der Waals surface area contributed by atoms with Crippen LogP contribution in [0.25, 0.3) is 10.9 Å². The molecular weight excluding hydrogens is 252 g/mol. The standard InChI is InChI=1S/C16H20N2O2/c1-5-20-15(19)9-10(2)17-14-8-6-7-13-11(3)12(4)18-16(13)14/h6-9,17-18H,5H2,1-4H3/b10-9-. The zero-order valence-corrected chi connectivity index (χ0v) is 12.3. The minimum atomic E-state index is -0.330. The molecule has 0 bridgehead atoms. The zero-order valence-electron chi connectivity index (χ0n) is 12.3. The summed E-state index contributed by atoms with van der Waals surface area (Å²) < 4.78 is 4.90. The number of carbonyl (C=O) groups excluding carboxylic acids is 1. The normalized spacial score (nSPS) is 11.7. The van der Waals surface area contributed by atoms with Crippen molar-refractivity contribution in [3.8, 4) is 0 Å². The number of aromatic amines is 1. The van der Waals surface area contributed by atoms with E-state index >= 15 is 0 Å². The van der Waals surface area contributed by atoms with Crippen molar-refractivity contribution in [3.05, 3.63) is 41.2 Å². The van der Waals surface area contributed by atoms with E-state index in [1.54, 1.807) is 6.92 Å². The van der Waals surface area contributed by atoms with E-state index in [9.17, 15) is 4.79 Å². The maximum Gasteiger partial charge on any atom is 0.332 e. The fraction of sp³-hybridized carbons (Fsp3) is 0.312. The fourth-order valence-electron chi connectivity index (χ4n) is 2.20. The van der Waals surface area contributed by atoms with E-state index in [1.807, 2.05) is 19.1 Å². The summed E-state index contributed by atoms with van der Waals surface area (Å²) in [6.45, 7) is 8.17. The molecule has 0 amide bonds. The van der Waals surface area contributed by atoms with Crippen molar-refractivity contribution in [2.45, 2.75) is 27.7 Å². The number of aryl methyl sites for hydroxylation is 2. The van der Waals surface area contributed by atoms with E-state index in [0.29, 0.717) is 6.61 Å². The number of para-hydroxylation sites is 1. The van der Waals surface area contributed by atoms with Crippen LogP contribution in [0, 0.1) is 13.8 Å². The van der Waals surface area contributed by atoms with Crippen molar-refractivity contribution in [2.24, 2.45) is 0 Å². The number of esters is 1. The molecule has 1 aromatic carbocycles. The Morgan fingerprint density at radius 2 is 2.15 bits per heavy atom. The second kappa shape index (κ2) is 5.82. The third kappa shape index (κ3) is 2.85. The van der Waals surface area contributed by atoms with Crippen LogP contribution in [0.5, 0.6) is 0 Å². The number of aromatic nitrogens is 1. The summed E-state index contributed by atoms with van der Waals surface area (Å²) in [5, 5.41) is 4.43. The first-order valence-electron chi connectivity index (χ1n) is 6.73. The summed E-state index contributed by atoms with van der Waals surface area (Å²) in [6.07, 6.45) is 1.46. The van der Waals surface area contributed by atoms with Crippen molar-refractivity contribution in [2.75, 3.05) is 11.9 Å². The highest BCUT2D eigenvalue weighted by Crippen LogP contribution is 2.28. The molecule has 0 unspecified atom stereocenters. The van der Waals surface area contributed by atoms with Gasteiger partial charge in [-0.2, -0.15) is 0 Å². The van der Waals surface area contributed by atoms with E-state index < -0.39 is 0 Å². The van der Waals surface area contributed by atoms with E-state index in [-0.39, 0.29) is 5.97 Å². The first-order chi connectivity index (χ1) is 9.52. The summed E-state index contributed by atoms with van der Waals surface area (Å²) in [7, 11) is 0. The predicted octanol–water partition coefficient (Wildman–Crippen LogP) is 3.66. The largest absolute Gasteiger partial charge is 0.463 e. The molecular formula is C16H20N2O2. The molecule has 0 aliphatic heterocycles. The van der Waals surface area contributed by atoms with Crippen molar-refractivity contribution < 1.29 is 9.53 Å². The van der Waals surface area contributed by atoms with Gasteiger partial charge in [0.1, 0.15) is 0 Å². The molecule has 0 aliphatic carbocycles. The first kappa shape index (κ1) is 14.2. The number of anilines is 1. The van der Waals surface area contributed by atoms with Gasteiger partial charge in [0.15, 0.2) is 0 Å². The highest BCUT2D eigenvalue weighted by Gasteiger charge is 2.08. The number of hydrogen-bond donors (Lipinski definition) is 2. The van der Waals surface area contributed by atoms with Crippen molar-refractivity contribution in [3.63, 3.8) is 0 Å². The van der Waals surface area contributed by atoms with E-state index in [0.717, 1.165) is 22.6 Å². The second-order valence-electron chi connectivity index (χ2n) is 4.81. The summed E-state index contributed by atoms with van der Waals surface area (Å²) in [5.41, 5.74) is 5.16. The Balaban J connectivity index is 2.30. The van der Waals surface area contributed by atoms with Gasteiger partial charge in [0.25, 0.3) is 0 Å². The molecule has 0 spiro atoms. The number of ether oxygens (including phenoxy) is 1. The van der Waals surface area contributed by atoms with Crippen molar-refractivity contribution in [1.82, 2.24) is 4.98 Å². The molecule has 4 nitrogen and oxygen atoms in total. The number of nitrogens with one attached hydrogen (secondary N) is 2. The molecule has 106 valence electrons. The van der Waals surface area contributed by atoms with Crippen LogP contribution in [0.3, 0.4) is 0 Å². The molecule has 0 radical (unpaired) electrons. The molecule has 0 fully saturated rings. The average Bonchev–Trinajstić information content (AvgIpc) is 2.67. The van der Waals surface area contributed by atoms with E-state index in [2.05, 4.69) is 30.2 Å². The van der Waals surface area contributed by atoms with Crippen molar-refractivity contribution in [1.29, 1.82) is 0 Å². The van der Waals surface area contributed by atoms with Gasteiger partial charge in [-0.25, -0.2) is 4.79 Å². The highest BCUT2D eigenvalue weighted by atomic mass is 16.5. The summed E-state index contributed by atoms with van der Waals surface area (Å²) in [4.78, 5) is 14.8. The lowest BCUT2D eigenvalue weighted by atomic mass is 10.1. The number of benzene rings is 1. The van der Waals surface area contributed by atoms with Crippen LogP contribution in [0.15, 0.2) is 30.0 Å². The SMILES string of the molecule is CCOC(=O)/C=C(/C)Nc1cccc2c(C)c(C)[nH]c12. The van der Waals surface area contributed by atoms with Crippen LogP contribution >= 0.6 is 0 Å². The summed E-state index contributed by atoms with van der Waals surface area (Å²) in [6, 6.07) is 6.08. The predicted molar refractivity (Wildman–Crippen MR) is 81.8 cm³/mol. The maximum atomic E-state index is 11.4. The van der Waals surface area contributed by atoms with Gasteiger partial charge in [-0.15, -0.1) is 0 Å².